The molecule has 0 aliphatic rings. The van der Waals surface area contributed by atoms with Gasteiger partial charge < -0.3 is 10.1 Å². The molecule has 0 fully saturated rings. The van der Waals surface area contributed by atoms with Crippen LogP contribution < -0.4 is 10.1 Å². The van der Waals surface area contributed by atoms with Crippen molar-refractivity contribution in [2.75, 3.05) is 13.7 Å². The minimum Gasteiger partial charge on any atom is -0.495 e. The fourth-order valence-corrected chi connectivity index (χ4v) is 2.38. The van der Waals surface area contributed by atoms with Crippen molar-refractivity contribution in [3.8, 4) is 5.75 Å². The largest absolute Gasteiger partial charge is 0.495 e. The van der Waals surface area contributed by atoms with Crippen molar-refractivity contribution in [2.24, 2.45) is 0 Å². The van der Waals surface area contributed by atoms with Crippen LogP contribution in [0.1, 0.15) is 43.9 Å². The second-order valence-corrected chi connectivity index (χ2v) is 5.04. The van der Waals surface area contributed by atoms with Crippen molar-refractivity contribution in [1.82, 2.24) is 20.1 Å². The molecule has 5 nitrogen and oxygen atoms in total. The lowest BCUT2D eigenvalue weighted by Gasteiger charge is -2.19. The van der Waals surface area contributed by atoms with Gasteiger partial charge in [-0.15, -0.1) is 0 Å². The number of hydrogen-bond acceptors (Lipinski definition) is 4. The molecule has 0 bridgehead atoms. The molecule has 2 rings (SSSR count). The first-order valence-corrected chi connectivity index (χ1v) is 7.53. The zero-order valence-corrected chi connectivity index (χ0v) is 13.0. The van der Waals surface area contributed by atoms with Gasteiger partial charge in [0.1, 0.15) is 5.75 Å². The minimum absolute atomic E-state index is 0.0773. The lowest BCUT2D eigenvalue weighted by atomic mass is 10.0. The number of rotatable bonds is 8. The second kappa shape index (κ2) is 7.78. The summed E-state index contributed by atoms with van der Waals surface area (Å²) in [5.74, 6) is 0.800. The highest BCUT2D eigenvalue weighted by Crippen LogP contribution is 2.29. The van der Waals surface area contributed by atoms with Crippen LogP contribution in [0.2, 0.25) is 0 Å². The Kier molecular flexibility index (Phi) is 5.75. The van der Waals surface area contributed by atoms with Crippen LogP contribution in [0, 0.1) is 0 Å². The molecule has 0 aliphatic heterocycles. The zero-order chi connectivity index (χ0) is 15.1. The fraction of sp³-hybridized carbons (Fsp3) is 0.500. The Balaban J connectivity index is 2.32. The molecule has 0 amide bonds. The summed E-state index contributed by atoms with van der Waals surface area (Å²) in [5.41, 5.74) is 2.25. The van der Waals surface area contributed by atoms with Crippen molar-refractivity contribution < 1.29 is 4.74 Å². The van der Waals surface area contributed by atoms with Crippen LogP contribution >= 0.6 is 0 Å². The van der Waals surface area contributed by atoms with Gasteiger partial charge in [0.05, 0.1) is 25.5 Å². The van der Waals surface area contributed by atoms with Gasteiger partial charge in [0.2, 0.25) is 0 Å². The van der Waals surface area contributed by atoms with E-state index < -0.39 is 0 Å². The number of hydrogen-bond donors (Lipinski definition) is 1. The Bertz CT molecular complexity index is 553. The van der Waals surface area contributed by atoms with Gasteiger partial charge in [-0.25, -0.2) is 0 Å². The van der Waals surface area contributed by atoms with Crippen molar-refractivity contribution >= 4 is 0 Å². The zero-order valence-electron chi connectivity index (χ0n) is 13.0. The second-order valence-electron chi connectivity index (χ2n) is 5.04. The van der Waals surface area contributed by atoms with Gasteiger partial charge in [-0.2, -0.15) is 5.10 Å². The first kappa shape index (κ1) is 15.5. The number of nitrogens with zero attached hydrogens (tertiary/aromatic N) is 3. The van der Waals surface area contributed by atoms with Gasteiger partial charge in [0.15, 0.2) is 0 Å². The van der Waals surface area contributed by atoms with Gasteiger partial charge in [0, 0.05) is 30.1 Å². The summed E-state index contributed by atoms with van der Waals surface area (Å²) in [6.45, 7) is 6.19. The van der Waals surface area contributed by atoms with Crippen LogP contribution in [-0.2, 0) is 6.54 Å². The van der Waals surface area contributed by atoms with Crippen molar-refractivity contribution in [3.63, 3.8) is 0 Å². The molecule has 2 aromatic heterocycles. The van der Waals surface area contributed by atoms with Gasteiger partial charge in [-0.3, -0.25) is 9.67 Å². The van der Waals surface area contributed by atoms with Crippen LogP contribution in [0.3, 0.4) is 0 Å². The van der Waals surface area contributed by atoms with Crippen LogP contribution in [0.5, 0.6) is 5.75 Å². The predicted molar refractivity (Wildman–Crippen MR) is 83.4 cm³/mol. The van der Waals surface area contributed by atoms with E-state index in [1.54, 1.807) is 19.5 Å². The van der Waals surface area contributed by atoms with Crippen molar-refractivity contribution in [1.29, 1.82) is 0 Å². The summed E-state index contributed by atoms with van der Waals surface area (Å²) in [5, 5.41) is 8.01. The molecule has 0 radical (unpaired) electrons. The van der Waals surface area contributed by atoms with Crippen molar-refractivity contribution in [3.05, 3.63) is 42.0 Å². The molecule has 1 unspecified atom stereocenters. The van der Waals surface area contributed by atoms with E-state index >= 15 is 0 Å². The number of nitrogens with one attached hydrogen (secondary N) is 1. The maximum absolute atomic E-state index is 5.45. The summed E-state index contributed by atoms with van der Waals surface area (Å²) in [6, 6.07) is 2.08. The van der Waals surface area contributed by atoms with E-state index in [0.717, 1.165) is 42.8 Å². The first-order chi connectivity index (χ1) is 10.3. The SMILES string of the molecule is CCCNC(c1cnn(CCC)c1)c1ccncc1OC. The summed E-state index contributed by atoms with van der Waals surface area (Å²) in [7, 11) is 1.68. The Morgan fingerprint density at radius 2 is 2.14 bits per heavy atom. The summed E-state index contributed by atoms with van der Waals surface area (Å²) in [4.78, 5) is 4.13. The Morgan fingerprint density at radius 3 is 2.86 bits per heavy atom. The Morgan fingerprint density at radius 1 is 1.29 bits per heavy atom. The van der Waals surface area contributed by atoms with E-state index in [9.17, 15) is 0 Å². The monoisotopic (exact) mass is 288 g/mol. The lowest BCUT2D eigenvalue weighted by molar-refractivity contribution is 0.401. The molecule has 2 aromatic rings. The number of methoxy groups -OCH3 is 1. The first-order valence-electron chi connectivity index (χ1n) is 7.53. The Hall–Kier alpha value is -1.88. The van der Waals surface area contributed by atoms with E-state index in [-0.39, 0.29) is 6.04 Å². The van der Waals surface area contributed by atoms with E-state index in [4.69, 9.17) is 4.74 Å². The normalized spacial score (nSPS) is 12.3. The molecular formula is C16H24N4O. The maximum atomic E-state index is 5.45. The van der Waals surface area contributed by atoms with Gasteiger partial charge >= 0.3 is 0 Å². The predicted octanol–water partition coefficient (Wildman–Crippen LogP) is 2.79. The van der Waals surface area contributed by atoms with Gasteiger partial charge in [0.25, 0.3) is 0 Å². The highest BCUT2D eigenvalue weighted by atomic mass is 16.5. The molecule has 5 heteroatoms. The standard InChI is InChI=1S/C16H24N4O/c1-4-7-18-16(13-10-19-20(12-13)9-5-2)14-6-8-17-11-15(14)21-3/h6,8,10-12,16,18H,4-5,7,9H2,1-3H3. The molecule has 0 saturated heterocycles. The number of ether oxygens (including phenoxy) is 1. The van der Waals surface area contributed by atoms with Crippen LogP contribution in [-0.4, -0.2) is 28.4 Å². The quantitative estimate of drug-likeness (QED) is 0.811. The van der Waals surface area contributed by atoms with E-state index in [0.29, 0.717) is 0 Å². The highest BCUT2D eigenvalue weighted by Gasteiger charge is 2.19. The van der Waals surface area contributed by atoms with E-state index in [1.165, 1.54) is 0 Å². The van der Waals surface area contributed by atoms with Crippen LogP contribution in [0.25, 0.3) is 0 Å². The summed E-state index contributed by atoms with van der Waals surface area (Å²) in [6.07, 6.45) is 9.75. The van der Waals surface area contributed by atoms with E-state index in [1.807, 2.05) is 16.9 Å². The molecule has 21 heavy (non-hydrogen) atoms. The Labute approximate surface area is 126 Å². The molecule has 114 valence electrons. The third kappa shape index (κ3) is 3.82. The molecule has 2 heterocycles. The van der Waals surface area contributed by atoms with Gasteiger partial charge in [-0.1, -0.05) is 13.8 Å². The molecule has 0 spiro atoms. The fourth-order valence-electron chi connectivity index (χ4n) is 2.38. The molecule has 0 aliphatic carbocycles. The highest BCUT2D eigenvalue weighted by molar-refractivity contribution is 5.38. The smallest absolute Gasteiger partial charge is 0.142 e. The third-order valence-electron chi connectivity index (χ3n) is 3.39. The average molecular weight is 288 g/mol. The number of aromatic nitrogens is 3. The molecule has 0 aromatic carbocycles. The summed E-state index contributed by atoms with van der Waals surface area (Å²) < 4.78 is 7.44. The number of aryl methyl sites for hydroxylation is 1. The van der Waals surface area contributed by atoms with Gasteiger partial charge in [-0.05, 0) is 25.5 Å². The number of pyridine rings is 1. The molecular weight excluding hydrogens is 264 g/mol. The molecule has 1 N–H and O–H groups in total. The van der Waals surface area contributed by atoms with Crippen LogP contribution in [0.4, 0.5) is 0 Å². The molecule has 1 atom stereocenters. The van der Waals surface area contributed by atoms with E-state index in [2.05, 4.69) is 35.4 Å². The maximum Gasteiger partial charge on any atom is 0.142 e. The minimum atomic E-state index is 0.0773. The van der Waals surface area contributed by atoms with Crippen molar-refractivity contribution in [2.45, 2.75) is 39.3 Å². The lowest BCUT2D eigenvalue weighted by Crippen LogP contribution is -2.23. The van der Waals surface area contributed by atoms with Crippen LogP contribution in [0.15, 0.2) is 30.9 Å². The molecule has 0 saturated carbocycles. The third-order valence-corrected chi connectivity index (χ3v) is 3.39. The topological polar surface area (TPSA) is 52.0 Å². The average Bonchev–Trinajstić information content (AvgIpc) is 2.97. The summed E-state index contributed by atoms with van der Waals surface area (Å²) >= 11 is 0.